The molecule has 1 fully saturated rings. The van der Waals surface area contributed by atoms with E-state index >= 15 is 0 Å². The highest BCUT2D eigenvalue weighted by Crippen LogP contribution is 2.38. The van der Waals surface area contributed by atoms with E-state index in [4.69, 9.17) is 5.11 Å². The van der Waals surface area contributed by atoms with Gasteiger partial charge in [-0.1, -0.05) is 13.8 Å². The fourth-order valence-electron chi connectivity index (χ4n) is 2.85. The average molecular weight is 333 g/mol. The van der Waals surface area contributed by atoms with Gasteiger partial charge >= 0.3 is 12.1 Å². The zero-order valence-electron chi connectivity index (χ0n) is 12.9. The van der Waals surface area contributed by atoms with Gasteiger partial charge in [0.1, 0.15) is 0 Å². The number of nitrogens with zero attached hydrogens (tertiary/aromatic N) is 2. The van der Waals surface area contributed by atoms with Crippen LogP contribution in [0, 0.1) is 18.8 Å². The van der Waals surface area contributed by atoms with E-state index < -0.39 is 43.0 Å². The molecule has 0 aromatic carbocycles. The Bertz CT molecular complexity index is 625. The maximum Gasteiger partial charge on any atom is 0.394 e. The van der Waals surface area contributed by atoms with E-state index in [1.54, 1.807) is 6.92 Å². The SMILES string of the molecule is Cc1[nH]nc(C(C)C)c1C(=O)N1C[C@@H](C(F)(F)F)[C@H](C(=O)O)C1. The minimum absolute atomic E-state index is 0.0878. The number of aliphatic carboxylic acids is 1. The highest BCUT2D eigenvalue weighted by Gasteiger charge is 2.53. The number of carbonyl (C=O) groups excluding carboxylic acids is 1. The lowest BCUT2D eigenvalue weighted by atomic mass is 9.96. The van der Waals surface area contributed by atoms with Crippen LogP contribution in [0.4, 0.5) is 13.2 Å². The molecule has 0 saturated carbocycles. The molecule has 9 heteroatoms. The van der Waals surface area contributed by atoms with Crippen molar-refractivity contribution in [1.82, 2.24) is 15.1 Å². The molecule has 1 amide bonds. The summed E-state index contributed by atoms with van der Waals surface area (Å²) in [5.74, 6) is -5.95. The predicted molar refractivity (Wildman–Crippen MR) is 74.0 cm³/mol. The molecule has 0 unspecified atom stereocenters. The van der Waals surface area contributed by atoms with Gasteiger partial charge in [0.25, 0.3) is 5.91 Å². The standard InChI is InChI=1S/C14H18F3N3O3/c1-6(2)11-10(7(3)18-19-11)12(21)20-4-8(13(22)23)9(5-20)14(15,16)17/h6,8-9H,4-5H2,1-3H3,(H,18,19)(H,22,23)/t8-,9-/m1/s1. The first kappa shape index (κ1) is 17.3. The zero-order valence-corrected chi connectivity index (χ0v) is 12.9. The molecule has 0 radical (unpaired) electrons. The first-order valence-electron chi connectivity index (χ1n) is 7.17. The lowest BCUT2D eigenvalue weighted by Crippen LogP contribution is -2.34. The first-order valence-corrected chi connectivity index (χ1v) is 7.17. The van der Waals surface area contributed by atoms with Crippen LogP contribution in [0.3, 0.4) is 0 Å². The van der Waals surface area contributed by atoms with Crippen molar-refractivity contribution in [3.63, 3.8) is 0 Å². The van der Waals surface area contributed by atoms with Gasteiger partial charge in [0.05, 0.1) is 23.1 Å². The minimum Gasteiger partial charge on any atom is -0.481 e. The summed E-state index contributed by atoms with van der Waals surface area (Å²) in [6.07, 6.45) is -4.66. The maximum absolute atomic E-state index is 13.0. The molecule has 1 aromatic heterocycles. The Labute approximate surface area is 130 Å². The van der Waals surface area contributed by atoms with E-state index in [0.717, 1.165) is 4.90 Å². The predicted octanol–water partition coefficient (Wildman–Crippen LogP) is 2.18. The van der Waals surface area contributed by atoms with E-state index in [2.05, 4.69) is 10.2 Å². The molecule has 1 saturated heterocycles. The van der Waals surface area contributed by atoms with Crippen molar-refractivity contribution in [3.05, 3.63) is 17.0 Å². The van der Waals surface area contributed by atoms with Crippen molar-refractivity contribution >= 4 is 11.9 Å². The number of H-pyrrole nitrogens is 1. The number of carboxylic acids is 1. The number of aryl methyl sites for hydroxylation is 1. The summed E-state index contributed by atoms with van der Waals surface area (Å²) >= 11 is 0. The van der Waals surface area contributed by atoms with Crippen molar-refractivity contribution in [1.29, 1.82) is 0 Å². The summed E-state index contributed by atoms with van der Waals surface area (Å²) in [6, 6.07) is 0. The Morgan fingerprint density at radius 1 is 1.35 bits per heavy atom. The number of amides is 1. The summed E-state index contributed by atoms with van der Waals surface area (Å²) < 4.78 is 39.1. The largest absolute Gasteiger partial charge is 0.481 e. The molecule has 128 valence electrons. The monoisotopic (exact) mass is 333 g/mol. The Balaban J connectivity index is 2.32. The van der Waals surface area contributed by atoms with Gasteiger partial charge in [-0.05, 0) is 12.8 Å². The first-order chi connectivity index (χ1) is 10.5. The number of hydrogen-bond acceptors (Lipinski definition) is 3. The second kappa shape index (κ2) is 5.86. The molecule has 1 aromatic rings. The number of hydrogen-bond donors (Lipinski definition) is 2. The van der Waals surface area contributed by atoms with Crippen molar-refractivity contribution in [2.24, 2.45) is 11.8 Å². The summed E-state index contributed by atoms with van der Waals surface area (Å²) in [6.45, 7) is 4.13. The van der Waals surface area contributed by atoms with Gasteiger partial charge < -0.3 is 10.0 Å². The van der Waals surface area contributed by atoms with Gasteiger partial charge in [0.2, 0.25) is 0 Å². The number of likely N-dealkylation sites (tertiary alicyclic amines) is 1. The summed E-state index contributed by atoms with van der Waals surface area (Å²) in [7, 11) is 0. The second-order valence-electron chi connectivity index (χ2n) is 6.07. The van der Waals surface area contributed by atoms with E-state index in [0.29, 0.717) is 11.4 Å². The molecule has 0 aliphatic carbocycles. The summed E-state index contributed by atoms with van der Waals surface area (Å²) in [4.78, 5) is 24.7. The van der Waals surface area contributed by atoms with Crippen LogP contribution < -0.4 is 0 Å². The molecule has 1 aliphatic heterocycles. The number of carboxylic acid groups (broad SMARTS) is 1. The van der Waals surface area contributed by atoms with Gasteiger partial charge in [0.15, 0.2) is 0 Å². The van der Waals surface area contributed by atoms with E-state index in [1.807, 2.05) is 13.8 Å². The van der Waals surface area contributed by atoms with Gasteiger partial charge in [-0.2, -0.15) is 18.3 Å². The number of aromatic nitrogens is 2. The van der Waals surface area contributed by atoms with Crippen LogP contribution in [-0.2, 0) is 4.79 Å². The Hall–Kier alpha value is -2.06. The zero-order chi connectivity index (χ0) is 17.5. The minimum atomic E-state index is -4.66. The molecule has 2 rings (SSSR count). The van der Waals surface area contributed by atoms with Gasteiger partial charge in [-0.25, -0.2) is 0 Å². The fraction of sp³-hybridized carbons (Fsp3) is 0.643. The number of alkyl halides is 3. The number of halogens is 3. The van der Waals surface area contributed by atoms with Crippen LogP contribution in [0.15, 0.2) is 0 Å². The molecule has 2 atom stereocenters. The number of nitrogens with one attached hydrogen (secondary N) is 1. The molecule has 1 aliphatic rings. The van der Waals surface area contributed by atoms with Crippen molar-refractivity contribution in [2.45, 2.75) is 32.9 Å². The number of aromatic amines is 1. The second-order valence-corrected chi connectivity index (χ2v) is 6.07. The number of rotatable bonds is 3. The lowest BCUT2D eigenvalue weighted by molar-refractivity contribution is -0.187. The van der Waals surface area contributed by atoms with Crippen molar-refractivity contribution in [2.75, 3.05) is 13.1 Å². The van der Waals surface area contributed by atoms with Crippen LogP contribution in [0.25, 0.3) is 0 Å². The van der Waals surface area contributed by atoms with Gasteiger partial charge in [-0.3, -0.25) is 14.7 Å². The van der Waals surface area contributed by atoms with Crippen LogP contribution in [0.5, 0.6) is 0 Å². The van der Waals surface area contributed by atoms with Gasteiger partial charge in [0, 0.05) is 18.8 Å². The van der Waals surface area contributed by atoms with E-state index in [9.17, 15) is 22.8 Å². The molecule has 0 spiro atoms. The van der Waals surface area contributed by atoms with Crippen molar-refractivity contribution in [3.8, 4) is 0 Å². The van der Waals surface area contributed by atoms with E-state index in [1.165, 1.54) is 0 Å². The molecule has 2 N–H and O–H groups in total. The highest BCUT2D eigenvalue weighted by molar-refractivity contribution is 5.97. The third kappa shape index (κ3) is 3.18. The third-order valence-electron chi connectivity index (χ3n) is 4.08. The molecular formula is C14H18F3N3O3. The smallest absolute Gasteiger partial charge is 0.394 e. The Morgan fingerprint density at radius 3 is 2.39 bits per heavy atom. The topological polar surface area (TPSA) is 86.3 Å². The van der Waals surface area contributed by atoms with E-state index in [-0.39, 0.29) is 11.5 Å². The van der Waals surface area contributed by atoms with Crippen LogP contribution >= 0.6 is 0 Å². The molecule has 6 nitrogen and oxygen atoms in total. The summed E-state index contributed by atoms with van der Waals surface area (Å²) in [5.41, 5.74) is 1.16. The Kier molecular flexibility index (Phi) is 4.41. The summed E-state index contributed by atoms with van der Waals surface area (Å²) in [5, 5.41) is 15.7. The average Bonchev–Trinajstić information content (AvgIpc) is 3.00. The lowest BCUT2D eigenvalue weighted by Gasteiger charge is -2.19. The molecular weight excluding hydrogens is 315 g/mol. The molecule has 23 heavy (non-hydrogen) atoms. The third-order valence-corrected chi connectivity index (χ3v) is 4.08. The molecule has 2 heterocycles. The highest BCUT2D eigenvalue weighted by atomic mass is 19.4. The quantitative estimate of drug-likeness (QED) is 0.888. The van der Waals surface area contributed by atoms with Gasteiger partial charge in [-0.15, -0.1) is 0 Å². The normalized spacial score (nSPS) is 22.0. The fourth-order valence-corrected chi connectivity index (χ4v) is 2.85. The number of carbonyl (C=O) groups is 2. The van der Waals surface area contributed by atoms with Crippen molar-refractivity contribution < 1.29 is 27.9 Å². The maximum atomic E-state index is 13.0. The molecule has 0 bridgehead atoms. The Morgan fingerprint density at radius 2 is 1.96 bits per heavy atom. The van der Waals surface area contributed by atoms with Crippen LogP contribution in [0.1, 0.15) is 41.5 Å². The van der Waals surface area contributed by atoms with Crippen LogP contribution in [-0.4, -0.2) is 51.3 Å². The van der Waals surface area contributed by atoms with Crippen LogP contribution in [0.2, 0.25) is 0 Å².